The Labute approximate surface area is 252 Å². The summed E-state index contributed by atoms with van der Waals surface area (Å²) < 4.78 is 53.9. The van der Waals surface area contributed by atoms with Crippen molar-refractivity contribution in [2.75, 3.05) is 42.7 Å². The van der Waals surface area contributed by atoms with E-state index in [0.717, 1.165) is 0 Å². The van der Waals surface area contributed by atoms with Crippen LogP contribution in [-0.2, 0) is 7.56 Å². The van der Waals surface area contributed by atoms with Gasteiger partial charge in [0.1, 0.15) is 0 Å². The fourth-order valence-corrected chi connectivity index (χ4v) is 40.9. The van der Waals surface area contributed by atoms with Crippen LogP contribution in [0.25, 0.3) is 0 Å². The first-order valence-electron chi connectivity index (χ1n) is 13.4. The summed E-state index contributed by atoms with van der Waals surface area (Å²) in [6, 6.07) is 6.19. The Bertz CT molecular complexity index is 1050. The van der Waals surface area contributed by atoms with E-state index in [1.54, 1.807) is 24.3 Å². The predicted octanol–water partition coefficient (Wildman–Crippen LogP) is 5.73. The SMILES string of the molecule is C[CH2][Sn]([CH2]C)([O]C(=O)c1cc(OC)c(OC)c(OC)c1)[O][Sn]([CH2]C)([CH2]C)[O]C(=O)c1cc(OC)c(OC)c(OC)c1. The average molecular weight is 792 g/mol. The van der Waals surface area contributed by atoms with Crippen molar-refractivity contribution in [2.24, 2.45) is 0 Å². The van der Waals surface area contributed by atoms with Crippen LogP contribution in [0.1, 0.15) is 48.4 Å². The second-order valence-corrected chi connectivity index (χ2v) is 33.1. The van der Waals surface area contributed by atoms with Crippen molar-refractivity contribution in [3.63, 3.8) is 0 Å². The van der Waals surface area contributed by atoms with E-state index in [1.165, 1.54) is 42.7 Å². The molecule has 2 aromatic carbocycles. The standard InChI is InChI=1S/2C10H12O5.4C2H5.O.2Sn/c2*1-13-7-4-6(10(11)12)5-8(14-2)9(7)15-3;4*1-2;;;/h2*4-5H,1-3H3,(H,11,12);4*1H2,2H3;;;/q;;;;;;;2*+1/p-2. The Morgan fingerprint density at radius 1 is 0.512 bits per heavy atom. The Morgan fingerprint density at radius 2 is 0.780 bits per heavy atom. The molecule has 0 aliphatic heterocycles. The molecule has 0 spiro atoms. The Hall–Kier alpha value is -2.26. The van der Waals surface area contributed by atoms with Crippen molar-refractivity contribution in [3.8, 4) is 34.5 Å². The van der Waals surface area contributed by atoms with Crippen molar-refractivity contribution in [2.45, 2.75) is 45.4 Å². The number of benzene rings is 2. The molecule has 0 aliphatic carbocycles. The van der Waals surface area contributed by atoms with Crippen molar-refractivity contribution in [1.82, 2.24) is 0 Å². The van der Waals surface area contributed by atoms with Crippen molar-refractivity contribution in [1.29, 1.82) is 0 Å². The molecule has 0 aromatic heterocycles. The number of ether oxygens (including phenoxy) is 6. The van der Waals surface area contributed by atoms with Gasteiger partial charge >= 0.3 is 254 Å². The summed E-state index contributed by atoms with van der Waals surface area (Å²) in [5, 5.41) is 0. The van der Waals surface area contributed by atoms with Crippen molar-refractivity contribution in [3.05, 3.63) is 35.4 Å². The zero-order chi connectivity index (χ0) is 30.8. The molecule has 0 bridgehead atoms. The quantitative estimate of drug-likeness (QED) is 0.194. The average Bonchev–Trinajstić information content (AvgIpc) is 3.01. The van der Waals surface area contributed by atoms with E-state index in [0.29, 0.717) is 52.2 Å². The summed E-state index contributed by atoms with van der Waals surface area (Å²) in [6.07, 6.45) is 0. The van der Waals surface area contributed by atoms with Gasteiger partial charge in [0.15, 0.2) is 0 Å². The molecule has 0 N–H and O–H groups in total. The number of carbonyl (C=O) groups excluding carboxylic acids is 2. The summed E-state index contributed by atoms with van der Waals surface area (Å²) in [5.74, 6) is 0.988. The van der Waals surface area contributed by atoms with E-state index in [2.05, 4.69) is 0 Å². The first kappa shape index (κ1) is 34.9. The third-order valence-corrected chi connectivity index (χ3v) is 38.7. The van der Waals surface area contributed by atoms with E-state index >= 15 is 0 Å². The molecule has 11 nitrogen and oxygen atoms in total. The van der Waals surface area contributed by atoms with Crippen LogP contribution in [0.2, 0.25) is 17.7 Å². The van der Waals surface area contributed by atoms with E-state index < -0.39 is 50.3 Å². The minimum absolute atomic E-state index is 0.245. The maximum absolute atomic E-state index is 13.5. The van der Waals surface area contributed by atoms with Gasteiger partial charge in [0.05, 0.1) is 0 Å². The number of methoxy groups -OCH3 is 6. The molecule has 0 amide bonds. The van der Waals surface area contributed by atoms with Gasteiger partial charge in [-0.25, -0.2) is 0 Å². The van der Waals surface area contributed by atoms with E-state index in [9.17, 15) is 9.59 Å². The number of rotatable bonds is 16. The van der Waals surface area contributed by atoms with Crippen LogP contribution in [0.3, 0.4) is 0 Å². The molecule has 13 heteroatoms. The summed E-state index contributed by atoms with van der Waals surface area (Å²) >= 11 is -8.25. The van der Waals surface area contributed by atoms with Gasteiger partial charge in [0.25, 0.3) is 0 Å². The molecule has 0 fully saturated rings. The van der Waals surface area contributed by atoms with Crippen LogP contribution >= 0.6 is 0 Å². The molecule has 0 atom stereocenters. The molecule has 0 radical (unpaired) electrons. The summed E-state index contributed by atoms with van der Waals surface area (Å²) in [5.41, 5.74) is 0.489. The molecule has 2 rings (SSSR count). The van der Waals surface area contributed by atoms with Gasteiger partial charge in [-0.05, 0) is 0 Å². The van der Waals surface area contributed by atoms with Crippen molar-refractivity contribution >= 4 is 50.3 Å². The molecular formula is C28H42O11Sn2. The summed E-state index contributed by atoms with van der Waals surface area (Å²) in [4.78, 5) is 27.0. The maximum atomic E-state index is 13.5. The second-order valence-electron chi connectivity index (χ2n) is 8.94. The van der Waals surface area contributed by atoms with Gasteiger partial charge < -0.3 is 0 Å². The van der Waals surface area contributed by atoms with Gasteiger partial charge in [-0.3, -0.25) is 0 Å². The first-order valence-corrected chi connectivity index (χ1v) is 26.1. The van der Waals surface area contributed by atoms with E-state index in [1.807, 2.05) is 27.7 Å². The van der Waals surface area contributed by atoms with Gasteiger partial charge in [0, 0.05) is 0 Å². The predicted molar refractivity (Wildman–Crippen MR) is 158 cm³/mol. The van der Waals surface area contributed by atoms with Gasteiger partial charge in [-0.2, -0.15) is 0 Å². The molecule has 2 aromatic rings. The number of hydrogen-bond donors (Lipinski definition) is 0. The first-order chi connectivity index (χ1) is 19.6. The normalized spacial score (nSPS) is 11.4. The summed E-state index contributed by atoms with van der Waals surface area (Å²) in [6.45, 7) is 7.80. The molecule has 0 saturated heterocycles. The Morgan fingerprint density at radius 3 is 0.976 bits per heavy atom. The van der Waals surface area contributed by atoms with E-state index in [-0.39, 0.29) is 11.1 Å². The molecule has 0 saturated carbocycles. The zero-order valence-corrected chi connectivity index (χ0v) is 31.3. The number of carbonyl (C=O) groups is 2. The third kappa shape index (κ3) is 7.98. The van der Waals surface area contributed by atoms with Crippen LogP contribution < -0.4 is 28.4 Å². The Kier molecular flexibility index (Phi) is 13.5. The molecule has 0 unspecified atom stereocenters. The van der Waals surface area contributed by atoms with E-state index in [4.69, 9.17) is 36.0 Å². The minimum atomic E-state index is -4.13. The van der Waals surface area contributed by atoms with Crippen LogP contribution in [-0.4, -0.2) is 93.0 Å². The fraction of sp³-hybridized carbons (Fsp3) is 0.500. The molecule has 0 aliphatic rings. The van der Waals surface area contributed by atoms with Crippen LogP contribution in [0, 0.1) is 0 Å². The van der Waals surface area contributed by atoms with Gasteiger partial charge in [-0.1, -0.05) is 0 Å². The van der Waals surface area contributed by atoms with Gasteiger partial charge in [-0.15, -0.1) is 0 Å². The molecule has 0 heterocycles. The van der Waals surface area contributed by atoms with Crippen LogP contribution in [0.15, 0.2) is 24.3 Å². The monoisotopic (exact) mass is 794 g/mol. The topological polar surface area (TPSA) is 117 Å². The molecule has 228 valence electrons. The van der Waals surface area contributed by atoms with Gasteiger partial charge in [0.2, 0.25) is 0 Å². The third-order valence-electron chi connectivity index (χ3n) is 6.88. The van der Waals surface area contributed by atoms with Crippen molar-refractivity contribution < 1.29 is 45.6 Å². The second kappa shape index (κ2) is 15.8. The molecule has 41 heavy (non-hydrogen) atoms. The molecular weight excluding hydrogens is 750 g/mol. The zero-order valence-electron chi connectivity index (χ0n) is 25.6. The fourth-order valence-electron chi connectivity index (χ4n) is 4.31. The summed E-state index contributed by atoms with van der Waals surface area (Å²) in [7, 11) is 8.89. The van der Waals surface area contributed by atoms with Crippen LogP contribution in [0.5, 0.6) is 34.5 Å². The number of hydrogen-bond acceptors (Lipinski definition) is 11. The Balaban J connectivity index is 2.43. The van der Waals surface area contributed by atoms with Crippen LogP contribution in [0.4, 0.5) is 0 Å².